The molecule has 1 amide bonds. The summed E-state index contributed by atoms with van der Waals surface area (Å²) >= 11 is 0. The van der Waals surface area contributed by atoms with Crippen molar-refractivity contribution in [2.75, 3.05) is 5.73 Å². The molecule has 5 aromatic rings. The monoisotopic (exact) mass is 472 g/mol. The fourth-order valence-corrected chi connectivity index (χ4v) is 4.52. The molecule has 0 spiro atoms. The molecule has 0 saturated carbocycles. The topological polar surface area (TPSA) is 55.1 Å². The molecule has 0 fully saturated rings. The van der Waals surface area contributed by atoms with Gasteiger partial charge in [-0.3, -0.25) is 4.79 Å². The summed E-state index contributed by atoms with van der Waals surface area (Å²) in [6.07, 6.45) is -4.41. The summed E-state index contributed by atoms with van der Waals surface area (Å²) in [4.78, 5) is 12.6. The second kappa shape index (κ2) is 8.31. The Balaban J connectivity index is 1.81. The summed E-state index contributed by atoms with van der Waals surface area (Å²) in [6, 6.07) is 22.4. The van der Waals surface area contributed by atoms with Crippen molar-refractivity contribution in [2.24, 2.45) is 0 Å². The average molecular weight is 473 g/mol. The van der Waals surface area contributed by atoms with Crippen molar-refractivity contribution in [3.05, 3.63) is 90.0 Å². The number of hydrogen-bond donors (Lipinski definition) is 2. The van der Waals surface area contributed by atoms with Gasteiger partial charge in [0.25, 0.3) is 5.91 Å². The number of amides is 1. The first kappa shape index (κ1) is 22.7. The van der Waals surface area contributed by atoms with E-state index in [-0.39, 0.29) is 11.9 Å². The van der Waals surface area contributed by atoms with E-state index in [4.69, 9.17) is 5.73 Å². The van der Waals surface area contributed by atoms with Crippen LogP contribution in [0, 0.1) is 0 Å². The molecule has 0 aliphatic rings. The minimum atomic E-state index is -4.41. The van der Waals surface area contributed by atoms with Crippen molar-refractivity contribution in [3.8, 4) is 11.1 Å². The molecule has 0 saturated heterocycles. The maximum Gasteiger partial charge on any atom is 0.416 e. The highest BCUT2D eigenvalue weighted by atomic mass is 19.4. The molecule has 0 aliphatic heterocycles. The van der Waals surface area contributed by atoms with Crippen LogP contribution in [0.2, 0.25) is 0 Å². The van der Waals surface area contributed by atoms with Gasteiger partial charge < -0.3 is 11.1 Å². The Kier molecular flexibility index (Phi) is 5.39. The zero-order valence-electron chi connectivity index (χ0n) is 19.2. The van der Waals surface area contributed by atoms with Crippen LogP contribution in [-0.2, 0) is 6.18 Å². The fraction of sp³-hybridized carbons (Fsp3) is 0.138. The van der Waals surface area contributed by atoms with Crippen LogP contribution in [0.5, 0.6) is 0 Å². The molecule has 5 rings (SSSR count). The summed E-state index contributed by atoms with van der Waals surface area (Å²) in [5.41, 5.74) is 7.94. The van der Waals surface area contributed by atoms with Gasteiger partial charge in [0, 0.05) is 17.3 Å². The smallest absolute Gasteiger partial charge is 0.399 e. The lowest BCUT2D eigenvalue weighted by molar-refractivity contribution is -0.137. The minimum absolute atomic E-state index is 0.00342. The van der Waals surface area contributed by atoms with E-state index in [1.54, 1.807) is 6.07 Å². The normalized spacial score (nSPS) is 12.1. The number of carbonyl (C=O) groups excluding carboxylic acids is 1. The molecule has 0 bridgehead atoms. The summed E-state index contributed by atoms with van der Waals surface area (Å²) in [7, 11) is 0. The van der Waals surface area contributed by atoms with Gasteiger partial charge in [0.2, 0.25) is 0 Å². The lowest BCUT2D eigenvalue weighted by Gasteiger charge is -2.16. The Labute approximate surface area is 200 Å². The summed E-state index contributed by atoms with van der Waals surface area (Å²) in [6.45, 7) is 3.79. The van der Waals surface area contributed by atoms with Gasteiger partial charge in [-0.15, -0.1) is 0 Å². The molecular weight excluding hydrogens is 449 g/mol. The molecule has 0 aromatic heterocycles. The number of carbonyl (C=O) groups is 1. The second-order valence-corrected chi connectivity index (χ2v) is 9.07. The van der Waals surface area contributed by atoms with E-state index in [2.05, 4.69) is 5.32 Å². The van der Waals surface area contributed by atoms with Crippen LogP contribution in [0.15, 0.2) is 78.9 Å². The quantitative estimate of drug-likeness (QED) is 0.210. The highest BCUT2D eigenvalue weighted by Crippen LogP contribution is 2.40. The molecular formula is C29H23F3N2O. The third-order valence-electron chi connectivity index (χ3n) is 6.12. The number of anilines is 1. The number of fused-ring (bicyclic) bond motifs is 3. The van der Waals surface area contributed by atoms with Crippen LogP contribution < -0.4 is 11.1 Å². The van der Waals surface area contributed by atoms with Gasteiger partial charge in [-0.25, -0.2) is 0 Å². The van der Waals surface area contributed by atoms with Crippen molar-refractivity contribution in [3.63, 3.8) is 0 Å². The summed E-state index contributed by atoms with van der Waals surface area (Å²) < 4.78 is 39.6. The van der Waals surface area contributed by atoms with E-state index in [1.807, 2.05) is 62.4 Å². The number of alkyl halides is 3. The van der Waals surface area contributed by atoms with E-state index >= 15 is 0 Å². The standard InChI is InChI=1S/C29H23F3N2O/c1-16(2)34-28(35)19-6-10-25-21(12-19)13-22-11-18-5-9-24(33)14-20(18)15-26(22)27(25)17-3-7-23(8-4-17)29(30,31)32/h3-16H,33H2,1-2H3,(H,34,35). The van der Waals surface area contributed by atoms with Gasteiger partial charge in [0.1, 0.15) is 0 Å². The summed E-state index contributed by atoms with van der Waals surface area (Å²) in [5, 5.41) is 8.34. The zero-order chi connectivity index (χ0) is 24.9. The lowest BCUT2D eigenvalue weighted by Crippen LogP contribution is -2.29. The van der Waals surface area contributed by atoms with E-state index in [0.29, 0.717) is 16.8 Å². The molecule has 176 valence electrons. The molecule has 5 aromatic carbocycles. The molecule has 0 aliphatic carbocycles. The van der Waals surface area contributed by atoms with Crippen LogP contribution in [-0.4, -0.2) is 11.9 Å². The largest absolute Gasteiger partial charge is 0.416 e. The highest BCUT2D eigenvalue weighted by molar-refractivity contribution is 6.16. The first-order chi connectivity index (χ1) is 16.6. The Morgan fingerprint density at radius 3 is 2.14 bits per heavy atom. The second-order valence-electron chi connectivity index (χ2n) is 9.07. The first-order valence-electron chi connectivity index (χ1n) is 11.3. The van der Waals surface area contributed by atoms with E-state index in [0.717, 1.165) is 50.0 Å². The van der Waals surface area contributed by atoms with Gasteiger partial charge in [0.15, 0.2) is 0 Å². The molecule has 35 heavy (non-hydrogen) atoms. The molecule has 0 radical (unpaired) electrons. The number of nitrogens with two attached hydrogens (primary N) is 1. The number of nitrogens with one attached hydrogen (secondary N) is 1. The first-order valence-corrected chi connectivity index (χ1v) is 11.3. The Bertz CT molecular complexity index is 1600. The van der Waals surface area contributed by atoms with Crippen LogP contribution in [0.3, 0.4) is 0 Å². The van der Waals surface area contributed by atoms with Crippen molar-refractivity contribution >= 4 is 43.9 Å². The van der Waals surface area contributed by atoms with Crippen molar-refractivity contribution < 1.29 is 18.0 Å². The average Bonchev–Trinajstić information content (AvgIpc) is 2.80. The molecule has 0 atom stereocenters. The van der Waals surface area contributed by atoms with Crippen molar-refractivity contribution in [1.82, 2.24) is 5.32 Å². The molecule has 0 unspecified atom stereocenters. The third kappa shape index (κ3) is 4.28. The minimum Gasteiger partial charge on any atom is -0.399 e. The number of hydrogen-bond acceptors (Lipinski definition) is 2. The van der Waals surface area contributed by atoms with Crippen LogP contribution >= 0.6 is 0 Å². The van der Waals surface area contributed by atoms with E-state index in [1.165, 1.54) is 12.1 Å². The van der Waals surface area contributed by atoms with Crippen LogP contribution in [0.25, 0.3) is 43.4 Å². The van der Waals surface area contributed by atoms with E-state index in [9.17, 15) is 18.0 Å². The molecule has 3 N–H and O–H groups in total. The van der Waals surface area contributed by atoms with E-state index < -0.39 is 11.7 Å². The number of benzene rings is 5. The van der Waals surface area contributed by atoms with Gasteiger partial charge in [-0.1, -0.05) is 24.3 Å². The lowest BCUT2D eigenvalue weighted by atomic mass is 9.89. The Morgan fingerprint density at radius 1 is 0.771 bits per heavy atom. The van der Waals surface area contributed by atoms with Crippen molar-refractivity contribution in [1.29, 1.82) is 0 Å². The van der Waals surface area contributed by atoms with Gasteiger partial charge in [-0.05, 0) is 112 Å². The summed E-state index contributed by atoms with van der Waals surface area (Å²) in [5.74, 6) is -0.174. The third-order valence-corrected chi connectivity index (χ3v) is 6.12. The zero-order valence-corrected chi connectivity index (χ0v) is 19.2. The van der Waals surface area contributed by atoms with Crippen molar-refractivity contribution in [2.45, 2.75) is 26.1 Å². The molecule has 3 nitrogen and oxygen atoms in total. The number of rotatable bonds is 3. The van der Waals surface area contributed by atoms with Gasteiger partial charge in [0.05, 0.1) is 5.56 Å². The van der Waals surface area contributed by atoms with Gasteiger partial charge >= 0.3 is 6.18 Å². The predicted octanol–water partition coefficient (Wildman–Crippen LogP) is 7.55. The predicted molar refractivity (Wildman–Crippen MR) is 136 cm³/mol. The molecule has 6 heteroatoms. The maximum absolute atomic E-state index is 13.2. The number of nitrogen functional groups attached to an aromatic ring is 1. The fourth-order valence-electron chi connectivity index (χ4n) is 4.52. The van der Waals surface area contributed by atoms with Crippen LogP contribution in [0.4, 0.5) is 18.9 Å². The van der Waals surface area contributed by atoms with Gasteiger partial charge in [-0.2, -0.15) is 13.2 Å². The van der Waals surface area contributed by atoms with Crippen LogP contribution in [0.1, 0.15) is 29.8 Å². The SMILES string of the molecule is CC(C)NC(=O)c1ccc2c(-c3ccc(C(F)(F)F)cc3)c3cc4cc(N)ccc4cc3cc2c1. The Morgan fingerprint density at radius 2 is 1.46 bits per heavy atom. The Hall–Kier alpha value is -4.06. The number of halogens is 3. The highest BCUT2D eigenvalue weighted by Gasteiger charge is 2.30. The maximum atomic E-state index is 13.2. The molecule has 0 heterocycles.